The Kier molecular flexibility index (Phi) is 5.65. The van der Waals surface area contributed by atoms with Crippen LogP contribution in [0.2, 0.25) is 5.02 Å². The Hall–Kier alpha value is -2.71. The number of benzene rings is 2. The zero-order valence-corrected chi connectivity index (χ0v) is 15.1. The summed E-state index contributed by atoms with van der Waals surface area (Å²) in [5.74, 6) is 0.482. The normalized spacial score (nSPS) is 13.1. The third-order valence-electron chi connectivity index (χ3n) is 4.45. The van der Waals surface area contributed by atoms with Gasteiger partial charge in [-0.2, -0.15) is 5.26 Å². The van der Waals surface area contributed by atoms with Crippen LogP contribution in [-0.2, 0) is 11.3 Å². The molecule has 3 rings (SSSR count). The fourth-order valence-corrected chi connectivity index (χ4v) is 2.96. The van der Waals surface area contributed by atoms with Crippen molar-refractivity contribution in [2.45, 2.75) is 25.8 Å². The molecule has 0 radical (unpaired) electrons. The van der Waals surface area contributed by atoms with Gasteiger partial charge in [0.15, 0.2) is 0 Å². The second-order valence-electron chi connectivity index (χ2n) is 6.52. The molecule has 1 fully saturated rings. The number of anilines is 2. The van der Waals surface area contributed by atoms with Crippen LogP contribution in [0, 0.1) is 17.2 Å². The number of nitrogens with two attached hydrogens (primary N) is 1. The van der Waals surface area contributed by atoms with Crippen LogP contribution in [0.25, 0.3) is 11.1 Å². The van der Waals surface area contributed by atoms with Gasteiger partial charge in [0, 0.05) is 18.7 Å². The molecule has 0 saturated heterocycles. The summed E-state index contributed by atoms with van der Waals surface area (Å²) in [7, 11) is 0. The van der Waals surface area contributed by atoms with Gasteiger partial charge in [0.1, 0.15) is 6.42 Å². The predicted molar refractivity (Wildman–Crippen MR) is 105 cm³/mol. The summed E-state index contributed by atoms with van der Waals surface area (Å²) in [4.78, 5) is 11.3. The minimum atomic E-state index is -0.276. The minimum absolute atomic E-state index is 0.131. The monoisotopic (exact) mass is 368 g/mol. The number of rotatable bonds is 7. The highest BCUT2D eigenvalue weighted by molar-refractivity contribution is 6.36. The molecule has 4 N–H and O–H groups in total. The summed E-state index contributed by atoms with van der Waals surface area (Å²) < 4.78 is 0. The Bertz CT molecular complexity index is 838. The highest BCUT2D eigenvalue weighted by Crippen LogP contribution is 2.38. The average molecular weight is 369 g/mol. The van der Waals surface area contributed by atoms with Crippen LogP contribution in [0.3, 0.4) is 0 Å². The second-order valence-corrected chi connectivity index (χ2v) is 6.90. The molecule has 0 heterocycles. The van der Waals surface area contributed by atoms with Crippen molar-refractivity contribution >= 4 is 28.9 Å². The number of carbonyl (C=O) groups is 1. The molecular weight excluding hydrogens is 348 g/mol. The SMILES string of the molecule is N#CCC(=O)NCc1ccc(-c2ccc(NCC3CC3)c(N)c2Cl)cc1. The van der Waals surface area contributed by atoms with Crippen molar-refractivity contribution in [3.05, 3.63) is 47.0 Å². The Morgan fingerprint density at radius 3 is 2.62 bits per heavy atom. The number of hydrogen-bond donors (Lipinski definition) is 3. The smallest absolute Gasteiger partial charge is 0.234 e. The number of nitrogen functional groups attached to an aromatic ring is 1. The van der Waals surface area contributed by atoms with Gasteiger partial charge in [-0.1, -0.05) is 41.9 Å². The molecule has 1 aliphatic carbocycles. The molecule has 2 aromatic carbocycles. The summed E-state index contributed by atoms with van der Waals surface area (Å²) in [5.41, 5.74) is 10.4. The predicted octanol–water partition coefficient (Wildman–Crippen LogP) is 3.94. The van der Waals surface area contributed by atoms with Crippen LogP contribution in [0.5, 0.6) is 0 Å². The van der Waals surface area contributed by atoms with Crippen molar-refractivity contribution in [2.75, 3.05) is 17.6 Å². The van der Waals surface area contributed by atoms with E-state index >= 15 is 0 Å². The van der Waals surface area contributed by atoms with Crippen LogP contribution in [0.15, 0.2) is 36.4 Å². The van der Waals surface area contributed by atoms with Gasteiger partial charge in [0.05, 0.1) is 22.5 Å². The van der Waals surface area contributed by atoms with Gasteiger partial charge in [0.25, 0.3) is 0 Å². The molecule has 0 aliphatic heterocycles. The summed E-state index contributed by atoms with van der Waals surface area (Å²) in [6, 6.07) is 13.5. The lowest BCUT2D eigenvalue weighted by molar-refractivity contribution is -0.120. The Morgan fingerprint density at radius 1 is 1.23 bits per heavy atom. The van der Waals surface area contributed by atoms with E-state index in [1.807, 2.05) is 42.5 Å². The maximum absolute atomic E-state index is 11.3. The topological polar surface area (TPSA) is 90.9 Å². The number of halogens is 1. The van der Waals surface area contributed by atoms with Crippen molar-refractivity contribution in [1.82, 2.24) is 5.32 Å². The Morgan fingerprint density at radius 2 is 1.96 bits per heavy atom. The maximum Gasteiger partial charge on any atom is 0.234 e. The summed E-state index contributed by atoms with van der Waals surface area (Å²) >= 11 is 6.49. The van der Waals surface area contributed by atoms with Gasteiger partial charge in [-0.15, -0.1) is 0 Å². The molecular formula is C20H21ClN4O. The Balaban J connectivity index is 1.69. The molecule has 134 valence electrons. The van der Waals surface area contributed by atoms with Crippen LogP contribution in [0.4, 0.5) is 11.4 Å². The van der Waals surface area contributed by atoms with Gasteiger partial charge in [0.2, 0.25) is 5.91 Å². The third kappa shape index (κ3) is 4.47. The first-order chi connectivity index (χ1) is 12.6. The van der Waals surface area contributed by atoms with Gasteiger partial charge in [-0.3, -0.25) is 4.79 Å². The summed E-state index contributed by atoms with van der Waals surface area (Å²) in [6.45, 7) is 1.33. The van der Waals surface area contributed by atoms with Crippen molar-refractivity contribution in [1.29, 1.82) is 5.26 Å². The van der Waals surface area contributed by atoms with Crippen LogP contribution >= 0.6 is 11.6 Å². The zero-order chi connectivity index (χ0) is 18.5. The number of nitriles is 1. The number of carbonyl (C=O) groups excluding carboxylic acids is 1. The van der Waals surface area contributed by atoms with E-state index in [0.717, 1.165) is 34.8 Å². The molecule has 26 heavy (non-hydrogen) atoms. The van der Waals surface area contributed by atoms with Crippen molar-refractivity contribution in [2.24, 2.45) is 5.92 Å². The van der Waals surface area contributed by atoms with E-state index in [9.17, 15) is 4.79 Å². The van der Waals surface area contributed by atoms with Crippen LogP contribution in [0.1, 0.15) is 24.8 Å². The first-order valence-corrected chi connectivity index (χ1v) is 9.01. The molecule has 0 atom stereocenters. The standard InChI is InChI=1S/C20H21ClN4O/c21-19-16(7-8-17(20(19)23)24-11-13-1-2-13)15-5-3-14(4-6-15)12-25-18(26)9-10-22/h3-8,13,24H,1-2,9,11-12,23H2,(H,25,26). The molecule has 2 aromatic rings. The van der Waals surface area contributed by atoms with E-state index in [2.05, 4.69) is 10.6 Å². The van der Waals surface area contributed by atoms with E-state index in [0.29, 0.717) is 17.3 Å². The van der Waals surface area contributed by atoms with E-state index in [-0.39, 0.29) is 12.3 Å². The number of hydrogen-bond acceptors (Lipinski definition) is 4. The largest absolute Gasteiger partial charge is 0.396 e. The lowest BCUT2D eigenvalue weighted by Crippen LogP contribution is -2.21. The zero-order valence-electron chi connectivity index (χ0n) is 14.4. The first kappa shape index (κ1) is 18.1. The summed E-state index contributed by atoms with van der Waals surface area (Å²) in [6.07, 6.45) is 2.43. The first-order valence-electron chi connectivity index (χ1n) is 8.63. The third-order valence-corrected chi connectivity index (χ3v) is 4.86. The highest BCUT2D eigenvalue weighted by atomic mass is 35.5. The Labute approximate surface area is 158 Å². The number of nitrogens with one attached hydrogen (secondary N) is 2. The van der Waals surface area contributed by atoms with Crippen molar-refractivity contribution in [3.63, 3.8) is 0 Å². The van der Waals surface area contributed by atoms with Crippen LogP contribution in [-0.4, -0.2) is 12.5 Å². The van der Waals surface area contributed by atoms with E-state index in [1.54, 1.807) is 0 Å². The highest BCUT2D eigenvalue weighted by Gasteiger charge is 2.21. The molecule has 1 saturated carbocycles. The van der Waals surface area contributed by atoms with Gasteiger partial charge >= 0.3 is 0 Å². The van der Waals surface area contributed by atoms with E-state index in [1.165, 1.54) is 12.8 Å². The van der Waals surface area contributed by atoms with Gasteiger partial charge in [-0.25, -0.2) is 0 Å². The van der Waals surface area contributed by atoms with E-state index in [4.69, 9.17) is 22.6 Å². The summed E-state index contributed by atoms with van der Waals surface area (Å²) in [5, 5.41) is 15.1. The molecule has 0 aromatic heterocycles. The average Bonchev–Trinajstić information content (AvgIpc) is 3.47. The van der Waals surface area contributed by atoms with E-state index < -0.39 is 0 Å². The molecule has 1 amide bonds. The quantitative estimate of drug-likeness (QED) is 0.645. The van der Waals surface area contributed by atoms with Crippen molar-refractivity contribution in [3.8, 4) is 17.2 Å². The molecule has 6 heteroatoms. The number of nitrogens with zero attached hydrogens (tertiary/aromatic N) is 1. The molecule has 0 spiro atoms. The maximum atomic E-state index is 11.3. The minimum Gasteiger partial charge on any atom is -0.396 e. The lowest BCUT2D eigenvalue weighted by atomic mass is 10.0. The molecule has 0 unspecified atom stereocenters. The molecule has 5 nitrogen and oxygen atoms in total. The molecule has 0 bridgehead atoms. The van der Waals surface area contributed by atoms with Gasteiger partial charge in [-0.05, 0) is 36.0 Å². The van der Waals surface area contributed by atoms with Crippen molar-refractivity contribution < 1.29 is 4.79 Å². The fourth-order valence-electron chi connectivity index (χ4n) is 2.68. The van der Waals surface area contributed by atoms with Crippen LogP contribution < -0.4 is 16.4 Å². The lowest BCUT2D eigenvalue weighted by Gasteiger charge is -2.14. The molecule has 1 aliphatic rings. The second kappa shape index (κ2) is 8.11. The number of amides is 1. The van der Waals surface area contributed by atoms with Gasteiger partial charge < -0.3 is 16.4 Å². The fraction of sp³-hybridized carbons (Fsp3) is 0.300.